The Balaban J connectivity index is 1.42. The first-order valence-corrected chi connectivity index (χ1v) is 9.86. The van der Waals surface area contributed by atoms with Crippen LogP contribution in [0.25, 0.3) is 0 Å². The molecule has 2 aliphatic heterocycles. The summed E-state index contributed by atoms with van der Waals surface area (Å²) < 4.78 is 11.1. The van der Waals surface area contributed by atoms with Crippen LogP contribution in [0.4, 0.5) is 0 Å². The maximum atomic E-state index is 12.7. The molecular formula is C21H27N3O4. The third-order valence-corrected chi connectivity index (χ3v) is 5.41. The predicted octanol–water partition coefficient (Wildman–Crippen LogP) is 1.42. The van der Waals surface area contributed by atoms with E-state index in [1.807, 2.05) is 6.07 Å². The Hall–Kier alpha value is -2.35. The maximum Gasteiger partial charge on any atom is 0.289 e. The Bertz CT molecular complexity index is 785. The number of rotatable bonds is 5. The Kier molecular flexibility index (Phi) is 5.95. The summed E-state index contributed by atoms with van der Waals surface area (Å²) in [6.45, 7) is 7.36. The van der Waals surface area contributed by atoms with Gasteiger partial charge in [0.25, 0.3) is 5.91 Å². The summed E-state index contributed by atoms with van der Waals surface area (Å²) >= 11 is 0. The number of piperazine rings is 1. The lowest BCUT2D eigenvalue weighted by Gasteiger charge is -2.34. The quantitative estimate of drug-likeness (QED) is 0.840. The molecule has 0 atom stereocenters. The van der Waals surface area contributed by atoms with Crippen LogP contribution in [0.3, 0.4) is 0 Å². The van der Waals surface area contributed by atoms with E-state index in [1.54, 1.807) is 17.0 Å². The molecule has 0 saturated carbocycles. The smallest absolute Gasteiger partial charge is 0.289 e. The number of amides is 1. The molecule has 1 amide bonds. The van der Waals surface area contributed by atoms with Gasteiger partial charge in [0.05, 0.1) is 19.4 Å². The minimum absolute atomic E-state index is 0.105. The summed E-state index contributed by atoms with van der Waals surface area (Å²) in [5.74, 6) is 1.11. The predicted molar refractivity (Wildman–Crippen MR) is 104 cm³/mol. The fourth-order valence-corrected chi connectivity index (χ4v) is 3.85. The van der Waals surface area contributed by atoms with E-state index in [0.717, 1.165) is 50.6 Å². The molecule has 1 aromatic heterocycles. The van der Waals surface area contributed by atoms with E-state index in [4.69, 9.17) is 14.3 Å². The van der Waals surface area contributed by atoms with Gasteiger partial charge < -0.3 is 19.2 Å². The highest BCUT2D eigenvalue weighted by Crippen LogP contribution is 2.26. The van der Waals surface area contributed by atoms with Gasteiger partial charge >= 0.3 is 0 Å². The highest BCUT2D eigenvalue weighted by molar-refractivity contribution is 5.91. The molecule has 4 rings (SSSR count). The normalized spacial score (nSPS) is 18.4. The van der Waals surface area contributed by atoms with Crippen molar-refractivity contribution in [3.8, 4) is 5.75 Å². The third-order valence-electron chi connectivity index (χ3n) is 5.41. The number of aliphatic hydroxyl groups is 1. The number of furan rings is 1. The van der Waals surface area contributed by atoms with Crippen molar-refractivity contribution in [2.75, 3.05) is 52.5 Å². The number of carbonyl (C=O) groups is 1. The molecule has 0 aliphatic carbocycles. The average molecular weight is 385 g/mol. The van der Waals surface area contributed by atoms with Crippen LogP contribution < -0.4 is 4.74 Å². The SMILES string of the molecule is O=C(c1ccco1)N1CCOc2ccc(CN3CCN(CCO)CC3)cc2C1. The lowest BCUT2D eigenvalue weighted by atomic mass is 10.1. The molecule has 1 N–H and O–H groups in total. The molecule has 0 spiro atoms. The molecule has 0 radical (unpaired) electrons. The third kappa shape index (κ3) is 4.38. The van der Waals surface area contributed by atoms with Crippen LogP contribution in [-0.4, -0.2) is 78.2 Å². The van der Waals surface area contributed by atoms with Gasteiger partial charge in [-0.05, 0) is 29.8 Å². The molecular weight excluding hydrogens is 358 g/mol. The number of β-amino-alcohol motifs (C(OH)–C–C–N with tert-alkyl or cyclic N) is 1. The number of benzene rings is 1. The standard InChI is InChI=1S/C21H27N3O4/c25-11-9-22-5-7-23(8-6-22)15-17-3-4-19-18(14-17)16-24(10-13-28-19)21(26)20-2-1-12-27-20/h1-4,12,14,25H,5-11,13,15-16H2. The monoisotopic (exact) mass is 385 g/mol. The Morgan fingerprint density at radius 2 is 1.89 bits per heavy atom. The number of carbonyl (C=O) groups excluding carboxylic acids is 1. The van der Waals surface area contributed by atoms with E-state index in [1.165, 1.54) is 11.8 Å². The second-order valence-corrected chi connectivity index (χ2v) is 7.34. The number of fused-ring (bicyclic) bond motifs is 1. The van der Waals surface area contributed by atoms with Crippen molar-refractivity contribution in [2.24, 2.45) is 0 Å². The van der Waals surface area contributed by atoms with Gasteiger partial charge in [0, 0.05) is 51.4 Å². The Morgan fingerprint density at radius 1 is 1.07 bits per heavy atom. The Morgan fingerprint density at radius 3 is 2.64 bits per heavy atom. The van der Waals surface area contributed by atoms with Crippen molar-refractivity contribution in [3.63, 3.8) is 0 Å². The van der Waals surface area contributed by atoms with Crippen molar-refractivity contribution in [3.05, 3.63) is 53.5 Å². The molecule has 1 saturated heterocycles. The molecule has 1 fully saturated rings. The topological polar surface area (TPSA) is 69.4 Å². The molecule has 2 aliphatic rings. The van der Waals surface area contributed by atoms with E-state index in [-0.39, 0.29) is 12.5 Å². The van der Waals surface area contributed by atoms with Gasteiger partial charge in [0.15, 0.2) is 5.76 Å². The number of hydrogen-bond donors (Lipinski definition) is 1. The van der Waals surface area contributed by atoms with Crippen molar-refractivity contribution >= 4 is 5.91 Å². The number of aliphatic hydroxyl groups excluding tert-OH is 1. The average Bonchev–Trinajstić information content (AvgIpc) is 3.16. The van der Waals surface area contributed by atoms with Crippen LogP contribution >= 0.6 is 0 Å². The Labute approximate surface area is 165 Å². The number of nitrogens with zero attached hydrogens (tertiary/aromatic N) is 3. The first kappa shape index (κ1) is 19.0. The zero-order chi connectivity index (χ0) is 19.3. The summed E-state index contributed by atoms with van der Waals surface area (Å²) in [5.41, 5.74) is 2.26. The van der Waals surface area contributed by atoms with Crippen LogP contribution in [-0.2, 0) is 13.1 Å². The number of hydrogen-bond acceptors (Lipinski definition) is 6. The summed E-state index contributed by atoms with van der Waals surface area (Å²) in [7, 11) is 0. The first-order valence-electron chi connectivity index (χ1n) is 9.86. The molecule has 7 heteroatoms. The van der Waals surface area contributed by atoms with Crippen LogP contribution in [0.1, 0.15) is 21.7 Å². The summed E-state index contributed by atoms with van der Waals surface area (Å²) in [4.78, 5) is 19.2. The van der Waals surface area contributed by atoms with Gasteiger partial charge in [0.1, 0.15) is 12.4 Å². The van der Waals surface area contributed by atoms with Gasteiger partial charge in [-0.25, -0.2) is 0 Å². The highest BCUT2D eigenvalue weighted by Gasteiger charge is 2.23. The highest BCUT2D eigenvalue weighted by atomic mass is 16.5. The summed E-state index contributed by atoms with van der Waals surface area (Å²) in [6, 6.07) is 9.72. The zero-order valence-corrected chi connectivity index (χ0v) is 16.0. The van der Waals surface area contributed by atoms with Gasteiger partial charge in [0.2, 0.25) is 0 Å². The largest absolute Gasteiger partial charge is 0.491 e. The van der Waals surface area contributed by atoms with Crippen molar-refractivity contribution < 1.29 is 19.1 Å². The number of ether oxygens (including phenoxy) is 1. The molecule has 2 aromatic rings. The summed E-state index contributed by atoms with van der Waals surface area (Å²) in [6.07, 6.45) is 1.52. The van der Waals surface area contributed by atoms with Crippen LogP contribution in [0, 0.1) is 0 Å². The van der Waals surface area contributed by atoms with E-state index >= 15 is 0 Å². The van der Waals surface area contributed by atoms with Gasteiger partial charge in [-0.3, -0.25) is 14.6 Å². The van der Waals surface area contributed by atoms with Crippen molar-refractivity contribution in [1.29, 1.82) is 0 Å². The van der Waals surface area contributed by atoms with Gasteiger partial charge in [-0.1, -0.05) is 6.07 Å². The van der Waals surface area contributed by atoms with Gasteiger partial charge in [-0.15, -0.1) is 0 Å². The molecule has 28 heavy (non-hydrogen) atoms. The fraction of sp³-hybridized carbons (Fsp3) is 0.476. The van der Waals surface area contributed by atoms with Crippen molar-refractivity contribution in [2.45, 2.75) is 13.1 Å². The van der Waals surface area contributed by atoms with Crippen LogP contribution in [0.15, 0.2) is 41.0 Å². The maximum absolute atomic E-state index is 12.7. The molecule has 0 bridgehead atoms. The van der Waals surface area contributed by atoms with Gasteiger partial charge in [-0.2, -0.15) is 0 Å². The van der Waals surface area contributed by atoms with Crippen LogP contribution in [0.2, 0.25) is 0 Å². The lowest BCUT2D eigenvalue weighted by Crippen LogP contribution is -2.46. The van der Waals surface area contributed by atoms with E-state index in [0.29, 0.717) is 25.5 Å². The molecule has 150 valence electrons. The van der Waals surface area contributed by atoms with E-state index < -0.39 is 0 Å². The van der Waals surface area contributed by atoms with E-state index in [2.05, 4.69) is 21.9 Å². The first-order chi connectivity index (χ1) is 13.7. The fourth-order valence-electron chi connectivity index (χ4n) is 3.85. The molecule has 3 heterocycles. The van der Waals surface area contributed by atoms with E-state index in [9.17, 15) is 4.79 Å². The minimum Gasteiger partial charge on any atom is -0.491 e. The second kappa shape index (κ2) is 8.77. The summed E-state index contributed by atoms with van der Waals surface area (Å²) in [5, 5.41) is 9.08. The lowest BCUT2D eigenvalue weighted by molar-refractivity contribution is 0.0701. The zero-order valence-electron chi connectivity index (χ0n) is 16.0. The van der Waals surface area contributed by atoms with Crippen molar-refractivity contribution in [1.82, 2.24) is 14.7 Å². The molecule has 7 nitrogen and oxygen atoms in total. The second-order valence-electron chi connectivity index (χ2n) is 7.34. The van der Waals surface area contributed by atoms with Crippen LogP contribution in [0.5, 0.6) is 5.75 Å². The minimum atomic E-state index is -0.105. The molecule has 0 unspecified atom stereocenters. The molecule has 1 aromatic carbocycles.